The number of carbonyl (C=O) groups is 1. The maximum atomic E-state index is 12.6. The maximum Gasteiger partial charge on any atom is 0.336 e. The predicted molar refractivity (Wildman–Crippen MR) is 91.4 cm³/mol. The molecule has 1 N–H and O–H groups in total. The van der Waals surface area contributed by atoms with Crippen molar-refractivity contribution in [1.82, 2.24) is 4.31 Å². The lowest BCUT2D eigenvalue weighted by molar-refractivity contribution is 0.0697. The fourth-order valence-electron chi connectivity index (χ4n) is 2.98. The van der Waals surface area contributed by atoms with Crippen molar-refractivity contribution in [2.75, 3.05) is 13.1 Å². The molecule has 3 rings (SSSR count). The topological polar surface area (TPSA) is 74.7 Å². The van der Waals surface area contributed by atoms with Crippen LogP contribution in [0.15, 0.2) is 53.4 Å². The molecule has 0 amide bonds. The highest BCUT2D eigenvalue weighted by Crippen LogP contribution is 2.27. The predicted octanol–water partition coefficient (Wildman–Crippen LogP) is 3.23. The fraction of sp³-hybridized carbons (Fsp3) is 0.278. The number of benzene rings is 2. The van der Waals surface area contributed by atoms with E-state index in [4.69, 9.17) is 0 Å². The lowest BCUT2D eigenvalue weighted by Gasteiger charge is -2.25. The van der Waals surface area contributed by atoms with Gasteiger partial charge < -0.3 is 5.11 Å². The minimum Gasteiger partial charge on any atom is -0.478 e. The number of carboxylic acids is 1. The third-order valence-corrected chi connectivity index (χ3v) is 6.19. The first-order valence-electron chi connectivity index (χ1n) is 7.93. The lowest BCUT2D eigenvalue weighted by Crippen LogP contribution is -2.35. The van der Waals surface area contributed by atoms with E-state index >= 15 is 0 Å². The first kappa shape index (κ1) is 16.7. The number of sulfonamides is 1. The molecule has 126 valence electrons. The van der Waals surface area contributed by atoms with Crippen molar-refractivity contribution < 1.29 is 18.3 Å². The molecule has 0 aromatic heterocycles. The van der Waals surface area contributed by atoms with Gasteiger partial charge in [0.05, 0.1) is 10.5 Å². The van der Waals surface area contributed by atoms with Crippen molar-refractivity contribution in [3.63, 3.8) is 0 Å². The minimum absolute atomic E-state index is 0.198. The highest BCUT2D eigenvalue weighted by molar-refractivity contribution is 7.89. The van der Waals surface area contributed by atoms with Crippen LogP contribution in [0.3, 0.4) is 0 Å². The number of piperidine rings is 1. The Bertz CT molecular complexity index is 838. The molecule has 5 nitrogen and oxygen atoms in total. The zero-order chi connectivity index (χ0) is 17.2. The quantitative estimate of drug-likeness (QED) is 0.923. The number of aromatic carboxylic acids is 1. The van der Waals surface area contributed by atoms with Gasteiger partial charge in [-0.15, -0.1) is 0 Å². The van der Waals surface area contributed by atoms with Gasteiger partial charge in [0.1, 0.15) is 0 Å². The molecule has 0 spiro atoms. The van der Waals surface area contributed by atoms with Gasteiger partial charge in [-0.25, -0.2) is 13.2 Å². The number of rotatable bonds is 4. The first-order valence-corrected chi connectivity index (χ1v) is 9.37. The standard InChI is InChI=1S/C18H19NO4S/c20-18(21)17-7-3-2-6-16(17)14-8-10-15(11-9-14)24(22,23)19-12-4-1-5-13-19/h2-3,6-11H,1,4-5,12-13H2,(H,20,21). The largest absolute Gasteiger partial charge is 0.478 e. The Hall–Kier alpha value is -2.18. The molecule has 0 atom stereocenters. The van der Waals surface area contributed by atoms with E-state index in [9.17, 15) is 18.3 Å². The Morgan fingerprint density at radius 3 is 2.17 bits per heavy atom. The average molecular weight is 345 g/mol. The molecule has 2 aromatic rings. The van der Waals surface area contributed by atoms with Crippen LogP contribution in [-0.4, -0.2) is 36.9 Å². The van der Waals surface area contributed by atoms with Crippen LogP contribution in [0.25, 0.3) is 11.1 Å². The van der Waals surface area contributed by atoms with Gasteiger partial charge >= 0.3 is 5.97 Å². The van der Waals surface area contributed by atoms with Gasteiger partial charge in [-0.3, -0.25) is 0 Å². The van der Waals surface area contributed by atoms with Crippen molar-refractivity contribution in [1.29, 1.82) is 0 Å². The SMILES string of the molecule is O=C(O)c1ccccc1-c1ccc(S(=O)(=O)N2CCCCC2)cc1. The van der Waals surface area contributed by atoms with E-state index in [0.717, 1.165) is 19.3 Å². The Kier molecular flexibility index (Phi) is 4.69. The summed E-state index contributed by atoms with van der Waals surface area (Å²) in [6, 6.07) is 13.1. The summed E-state index contributed by atoms with van der Waals surface area (Å²) in [6.07, 6.45) is 2.85. The molecule has 6 heteroatoms. The second-order valence-electron chi connectivity index (χ2n) is 5.84. The maximum absolute atomic E-state index is 12.6. The van der Waals surface area contributed by atoms with Gasteiger partial charge in [0.25, 0.3) is 0 Å². The van der Waals surface area contributed by atoms with Crippen molar-refractivity contribution in [3.8, 4) is 11.1 Å². The van der Waals surface area contributed by atoms with E-state index in [0.29, 0.717) is 24.2 Å². The van der Waals surface area contributed by atoms with Crippen LogP contribution in [0.2, 0.25) is 0 Å². The van der Waals surface area contributed by atoms with Gasteiger partial charge in [0.15, 0.2) is 0 Å². The Morgan fingerprint density at radius 2 is 1.54 bits per heavy atom. The van der Waals surface area contributed by atoms with Crippen LogP contribution < -0.4 is 0 Å². The van der Waals surface area contributed by atoms with Crippen molar-refractivity contribution >= 4 is 16.0 Å². The number of nitrogens with zero attached hydrogens (tertiary/aromatic N) is 1. The van der Waals surface area contributed by atoms with Crippen molar-refractivity contribution in [2.24, 2.45) is 0 Å². The van der Waals surface area contributed by atoms with E-state index in [1.165, 1.54) is 10.4 Å². The molecule has 2 aromatic carbocycles. The van der Waals surface area contributed by atoms with Gasteiger partial charge in [0, 0.05) is 13.1 Å². The normalized spacial score (nSPS) is 16.0. The van der Waals surface area contributed by atoms with E-state index in [1.54, 1.807) is 42.5 Å². The average Bonchev–Trinajstić information content (AvgIpc) is 2.62. The highest BCUT2D eigenvalue weighted by Gasteiger charge is 2.25. The zero-order valence-electron chi connectivity index (χ0n) is 13.2. The third-order valence-electron chi connectivity index (χ3n) is 4.28. The van der Waals surface area contributed by atoms with E-state index in [-0.39, 0.29) is 10.5 Å². The molecule has 1 aliphatic rings. The summed E-state index contributed by atoms with van der Waals surface area (Å²) in [4.78, 5) is 11.6. The molecule has 0 radical (unpaired) electrons. The van der Waals surface area contributed by atoms with Crippen molar-refractivity contribution in [3.05, 3.63) is 54.1 Å². The molecule has 0 aliphatic carbocycles. The summed E-state index contributed by atoms with van der Waals surface area (Å²) >= 11 is 0. The van der Waals surface area contributed by atoms with Crippen LogP contribution in [0, 0.1) is 0 Å². The van der Waals surface area contributed by atoms with Gasteiger partial charge in [0.2, 0.25) is 10.0 Å². The minimum atomic E-state index is -3.47. The van der Waals surface area contributed by atoms with Crippen LogP contribution in [-0.2, 0) is 10.0 Å². The van der Waals surface area contributed by atoms with Crippen LogP contribution in [0.4, 0.5) is 0 Å². The van der Waals surface area contributed by atoms with Crippen LogP contribution in [0.1, 0.15) is 29.6 Å². The zero-order valence-corrected chi connectivity index (χ0v) is 14.0. The molecule has 1 aliphatic heterocycles. The summed E-state index contributed by atoms with van der Waals surface area (Å²) < 4.78 is 26.8. The van der Waals surface area contributed by atoms with Gasteiger partial charge in [-0.05, 0) is 42.2 Å². The molecule has 1 heterocycles. The van der Waals surface area contributed by atoms with E-state index in [1.807, 2.05) is 0 Å². The first-order chi connectivity index (χ1) is 11.5. The van der Waals surface area contributed by atoms with Gasteiger partial charge in [-0.1, -0.05) is 36.8 Å². The second kappa shape index (κ2) is 6.75. The van der Waals surface area contributed by atoms with E-state index in [2.05, 4.69) is 0 Å². The fourth-order valence-corrected chi connectivity index (χ4v) is 4.50. The summed E-state index contributed by atoms with van der Waals surface area (Å²) in [5, 5.41) is 9.28. The Balaban J connectivity index is 1.93. The summed E-state index contributed by atoms with van der Waals surface area (Å²) in [5.41, 5.74) is 1.46. The molecule has 0 saturated carbocycles. The molecule has 0 unspecified atom stereocenters. The number of hydrogen-bond donors (Lipinski definition) is 1. The van der Waals surface area contributed by atoms with E-state index < -0.39 is 16.0 Å². The number of hydrogen-bond acceptors (Lipinski definition) is 3. The smallest absolute Gasteiger partial charge is 0.336 e. The monoisotopic (exact) mass is 345 g/mol. The Morgan fingerprint density at radius 1 is 0.917 bits per heavy atom. The Labute approximate surface area is 141 Å². The molecular weight excluding hydrogens is 326 g/mol. The summed E-state index contributed by atoms with van der Waals surface area (Å²) in [6.45, 7) is 1.12. The molecule has 0 bridgehead atoms. The molecule has 1 fully saturated rings. The molecule has 24 heavy (non-hydrogen) atoms. The van der Waals surface area contributed by atoms with Crippen LogP contribution >= 0.6 is 0 Å². The lowest BCUT2D eigenvalue weighted by atomic mass is 10.00. The summed E-state index contributed by atoms with van der Waals surface area (Å²) in [7, 11) is -3.47. The summed E-state index contributed by atoms with van der Waals surface area (Å²) in [5.74, 6) is -1.00. The second-order valence-corrected chi connectivity index (χ2v) is 7.78. The van der Waals surface area contributed by atoms with Gasteiger partial charge in [-0.2, -0.15) is 4.31 Å². The van der Waals surface area contributed by atoms with Crippen LogP contribution in [0.5, 0.6) is 0 Å². The highest BCUT2D eigenvalue weighted by atomic mass is 32.2. The third kappa shape index (κ3) is 3.20. The molecular formula is C18H19NO4S. The molecule has 1 saturated heterocycles. The van der Waals surface area contributed by atoms with Crippen molar-refractivity contribution in [2.45, 2.75) is 24.2 Å². The number of carboxylic acid groups (broad SMARTS) is 1.